The zero-order chi connectivity index (χ0) is 16.7. The number of hydrogen-bond donors (Lipinski definition) is 2. The molecule has 3 heteroatoms. The van der Waals surface area contributed by atoms with Crippen LogP contribution in [0.2, 0.25) is 0 Å². The first kappa shape index (κ1) is 13.8. The molecule has 0 radical (unpaired) electrons. The van der Waals surface area contributed by atoms with Gasteiger partial charge in [-0.25, -0.2) is 0 Å². The van der Waals surface area contributed by atoms with E-state index in [-0.39, 0.29) is 12.2 Å². The number of ether oxygens (including phenoxy) is 1. The van der Waals surface area contributed by atoms with Gasteiger partial charge in [-0.2, -0.15) is 0 Å². The number of aliphatic hydroxyl groups is 2. The molecular formula is C22H16O3. The second-order valence-electron chi connectivity index (χ2n) is 7.04. The molecule has 4 atom stereocenters. The standard InChI is InChI=1S/C22H16O3/c23-19-17-14-8-4-3-7-13(14)15-10-9-11-5-1-2-6-12(11)16(15)18(17)21-22(25-21)20(19)24/h1-10,19-24H/t19-,20+,21+,22-/m0/s1. The summed E-state index contributed by atoms with van der Waals surface area (Å²) in [6, 6.07) is 20.7. The first-order valence-electron chi connectivity index (χ1n) is 8.63. The molecule has 0 bridgehead atoms. The Labute approximate surface area is 144 Å². The number of rotatable bonds is 0. The molecule has 1 aliphatic carbocycles. The molecule has 1 aliphatic heterocycles. The van der Waals surface area contributed by atoms with Crippen LogP contribution in [-0.2, 0) is 4.74 Å². The van der Waals surface area contributed by atoms with E-state index in [1.807, 2.05) is 30.3 Å². The van der Waals surface area contributed by atoms with E-state index < -0.39 is 12.2 Å². The van der Waals surface area contributed by atoms with Crippen LogP contribution in [0, 0.1) is 0 Å². The normalized spacial score (nSPS) is 27.4. The monoisotopic (exact) mass is 328 g/mol. The summed E-state index contributed by atoms with van der Waals surface area (Å²) in [5.74, 6) is 0. The molecule has 3 nitrogen and oxygen atoms in total. The van der Waals surface area contributed by atoms with E-state index in [2.05, 4.69) is 30.3 Å². The third kappa shape index (κ3) is 1.65. The Balaban J connectivity index is 1.92. The Bertz CT molecular complexity index is 1180. The van der Waals surface area contributed by atoms with Gasteiger partial charge >= 0.3 is 0 Å². The third-order valence-electron chi connectivity index (χ3n) is 5.76. The third-order valence-corrected chi connectivity index (χ3v) is 5.76. The fourth-order valence-electron chi connectivity index (χ4n) is 4.60. The van der Waals surface area contributed by atoms with E-state index in [0.717, 1.165) is 27.3 Å². The number of aliphatic hydroxyl groups excluding tert-OH is 2. The van der Waals surface area contributed by atoms with E-state index in [0.29, 0.717) is 0 Å². The topological polar surface area (TPSA) is 53.0 Å². The predicted octanol–water partition coefficient (Wildman–Crippen LogP) is 3.99. The van der Waals surface area contributed by atoms with Crippen molar-refractivity contribution in [2.75, 3.05) is 0 Å². The summed E-state index contributed by atoms with van der Waals surface area (Å²) in [7, 11) is 0. The lowest BCUT2D eigenvalue weighted by Crippen LogP contribution is -2.29. The quantitative estimate of drug-likeness (QED) is 0.379. The Morgan fingerprint density at radius 3 is 2.24 bits per heavy atom. The number of fused-ring (bicyclic) bond motifs is 10. The molecule has 0 saturated carbocycles. The van der Waals surface area contributed by atoms with E-state index >= 15 is 0 Å². The van der Waals surface area contributed by atoms with Gasteiger partial charge in [-0.3, -0.25) is 0 Å². The van der Waals surface area contributed by atoms with Crippen LogP contribution in [0.15, 0.2) is 60.7 Å². The highest BCUT2D eigenvalue weighted by Crippen LogP contribution is 2.55. The van der Waals surface area contributed by atoms with Crippen LogP contribution in [0.3, 0.4) is 0 Å². The molecule has 2 N–H and O–H groups in total. The van der Waals surface area contributed by atoms with Crippen molar-refractivity contribution in [1.29, 1.82) is 0 Å². The SMILES string of the molecule is O[C@H]1[C@@H]2O[C@@H]2c2c(c3ccccc3c3ccc4ccccc4c23)[C@@H]1O. The highest BCUT2D eigenvalue weighted by molar-refractivity contribution is 6.20. The Morgan fingerprint density at radius 1 is 0.680 bits per heavy atom. The molecule has 4 aromatic rings. The van der Waals surface area contributed by atoms with Crippen molar-refractivity contribution in [2.45, 2.75) is 24.4 Å². The van der Waals surface area contributed by atoms with Crippen LogP contribution >= 0.6 is 0 Å². The summed E-state index contributed by atoms with van der Waals surface area (Å²) in [4.78, 5) is 0. The Morgan fingerprint density at radius 2 is 1.40 bits per heavy atom. The fraction of sp³-hybridized carbons (Fsp3) is 0.182. The highest BCUT2D eigenvalue weighted by atomic mass is 16.6. The molecule has 1 saturated heterocycles. The maximum absolute atomic E-state index is 10.8. The molecule has 0 spiro atoms. The molecule has 4 aromatic carbocycles. The molecule has 25 heavy (non-hydrogen) atoms. The van der Waals surface area contributed by atoms with Crippen LogP contribution in [0.1, 0.15) is 23.3 Å². The van der Waals surface area contributed by atoms with Crippen molar-refractivity contribution in [2.24, 2.45) is 0 Å². The predicted molar refractivity (Wildman–Crippen MR) is 97.5 cm³/mol. The van der Waals surface area contributed by atoms with Crippen LogP contribution in [0.5, 0.6) is 0 Å². The molecular weight excluding hydrogens is 312 g/mol. The van der Waals surface area contributed by atoms with E-state index in [1.54, 1.807) is 0 Å². The van der Waals surface area contributed by atoms with E-state index in [4.69, 9.17) is 4.74 Å². The first-order valence-corrected chi connectivity index (χ1v) is 8.63. The highest BCUT2D eigenvalue weighted by Gasteiger charge is 2.55. The van der Waals surface area contributed by atoms with Crippen LogP contribution < -0.4 is 0 Å². The minimum atomic E-state index is -0.924. The molecule has 0 unspecified atom stereocenters. The molecule has 1 fully saturated rings. The van der Waals surface area contributed by atoms with Gasteiger partial charge in [0, 0.05) is 0 Å². The minimum absolute atomic E-state index is 0.133. The summed E-state index contributed by atoms with van der Waals surface area (Å²) in [6.07, 6.45) is -2.22. The number of epoxide rings is 1. The summed E-state index contributed by atoms with van der Waals surface area (Å²) in [5.41, 5.74) is 1.87. The van der Waals surface area contributed by atoms with Crippen LogP contribution in [0.25, 0.3) is 32.3 Å². The maximum atomic E-state index is 10.8. The van der Waals surface area contributed by atoms with E-state index in [9.17, 15) is 10.2 Å². The van der Waals surface area contributed by atoms with Gasteiger partial charge in [-0.1, -0.05) is 60.7 Å². The van der Waals surface area contributed by atoms with Crippen molar-refractivity contribution in [3.05, 3.63) is 71.8 Å². The van der Waals surface area contributed by atoms with Crippen molar-refractivity contribution in [1.82, 2.24) is 0 Å². The van der Waals surface area contributed by atoms with Gasteiger partial charge in [0.25, 0.3) is 0 Å². The van der Waals surface area contributed by atoms with E-state index in [1.165, 1.54) is 16.2 Å². The largest absolute Gasteiger partial charge is 0.387 e. The second kappa shape index (κ2) is 4.58. The summed E-state index contributed by atoms with van der Waals surface area (Å²) in [6.45, 7) is 0. The van der Waals surface area contributed by atoms with Crippen LogP contribution in [0.4, 0.5) is 0 Å². The lowest BCUT2D eigenvalue weighted by atomic mass is 9.79. The average Bonchev–Trinajstić information content (AvgIpc) is 3.46. The smallest absolute Gasteiger partial charge is 0.118 e. The van der Waals surface area contributed by atoms with Gasteiger partial charge in [0.2, 0.25) is 0 Å². The van der Waals surface area contributed by atoms with Crippen LogP contribution in [-0.4, -0.2) is 22.4 Å². The summed E-state index contributed by atoms with van der Waals surface area (Å²) >= 11 is 0. The van der Waals surface area contributed by atoms with Gasteiger partial charge in [-0.15, -0.1) is 0 Å². The van der Waals surface area contributed by atoms with Gasteiger partial charge < -0.3 is 14.9 Å². The Hall–Kier alpha value is -2.46. The maximum Gasteiger partial charge on any atom is 0.118 e. The Kier molecular flexibility index (Phi) is 2.53. The molecule has 0 amide bonds. The average molecular weight is 328 g/mol. The molecule has 122 valence electrons. The van der Waals surface area contributed by atoms with Gasteiger partial charge in [0.1, 0.15) is 24.4 Å². The van der Waals surface area contributed by atoms with Crippen molar-refractivity contribution < 1.29 is 14.9 Å². The second-order valence-corrected chi connectivity index (χ2v) is 7.04. The zero-order valence-electron chi connectivity index (χ0n) is 13.4. The molecule has 1 heterocycles. The van der Waals surface area contributed by atoms with Gasteiger partial charge in [0.15, 0.2) is 0 Å². The van der Waals surface area contributed by atoms with Gasteiger partial charge in [-0.05, 0) is 43.4 Å². The van der Waals surface area contributed by atoms with Crippen molar-refractivity contribution in [3.8, 4) is 0 Å². The molecule has 0 aromatic heterocycles. The minimum Gasteiger partial charge on any atom is -0.387 e. The fourth-order valence-corrected chi connectivity index (χ4v) is 4.60. The van der Waals surface area contributed by atoms with Crippen molar-refractivity contribution in [3.63, 3.8) is 0 Å². The first-order chi connectivity index (χ1) is 12.3. The van der Waals surface area contributed by atoms with Gasteiger partial charge in [0.05, 0.1) is 0 Å². The summed E-state index contributed by atoms with van der Waals surface area (Å²) in [5, 5.41) is 28.0. The molecule has 6 rings (SSSR count). The molecule has 2 aliphatic rings. The number of benzene rings is 4. The van der Waals surface area contributed by atoms with Crippen molar-refractivity contribution >= 4 is 32.3 Å². The lowest BCUT2D eigenvalue weighted by Gasteiger charge is -2.27. The number of hydrogen-bond acceptors (Lipinski definition) is 3. The zero-order valence-corrected chi connectivity index (χ0v) is 13.4. The lowest BCUT2D eigenvalue weighted by molar-refractivity contribution is 0.000931. The summed E-state index contributed by atoms with van der Waals surface area (Å²) < 4.78 is 5.78.